The van der Waals surface area contributed by atoms with E-state index in [-0.39, 0.29) is 24.6 Å². The average Bonchev–Trinajstić information content (AvgIpc) is 3.10. The number of fused-ring (bicyclic) bond motifs is 3. The maximum atomic E-state index is 13.2. The van der Waals surface area contributed by atoms with Gasteiger partial charge >= 0.3 is 12.1 Å². The summed E-state index contributed by atoms with van der Waals surface area (Å²) in [6, 6.07) is 6.00. The van der Waals surface area contributed by atoms with Crippen LogP contribution in [0.3, 0.4) is 0 Å². The van der Waals surface area contributed by atoms with E-state index in [0.29, 0.717) is 12.3 Å². The number of hydrogen-bond donors (Lipinski definition) is 3. The fraction of sp³-hybridized carbons (Fsp3) is 0.333. The maximum absolute atomic E-state index is 13.2. The monoisotopic (exact) mass is 435 g/mol. The van der Waals surface area contributed by atoms with Gasteiger partial charge in [0.15, 0.2) is 0 Å². The largest absolute Gasteiger partial charge is 0.489 e. The number of nitrogens with zero attached hydrogens (tertiary/aromatic N) is 1. The Balaban J connectivity index is 1.57. The molecule has 4 rings (SSSR count). The number of nitrogens with one attached hydrogen (secondary N) is 2. The fourth-order valence-corrected chi connectivity index (χ4v) is 3.83. The highest BCUT2D eigenvalue weighted by Gasteiger charge is 2.35. The second kappa shape index (κ2) is 8.10. The normalized spacial score (nSPS) is 16.2. The van der Waals surface area contributed by atoms with Gasteiger partial charge in [-0.2, -0.15) is 13.2 Å². The van der Waals surface area contributed by atoms with Crippen molar-refractivity contribution < 1.29 is 32.5 Å². The highest BCUT2D eigenvalue weighted by atomic mass is 19.4. The lowest BCUT2D eigenvalue weighted by atomic mass is 9.97. The number of carbonyl (C=O) groups is 1. The number of carboxylic acid groups (broad SMARTS) is 1. The molecule has 10 heteroatoms. The van der Waals surface area contributed by atoms with E-state index in [9.17, 15) is 18.0 Å². The molecule has 0 spiro atoms. The lowest BCUT2D eigenvalue weighted by Gasteiger charge is -2.22. The molecule has 0 aliphatic carbocycles. The molecule has 1 aliphatic rings. The van der Waals surface area contributed by atoms with Gasteiger partial charge in [-0.05, 0) is 42.8 Å². The van der Waals surface area contributed by atoms with E-state index in [0.717, 1.165) is 41.8 Å². The lowest BCUT2D eigenvalue weighted by Crippen LogP contribution is -2.31. The van der Waals surface area contributed by atoms with Gasteiger partial charge in [0.05, 0.1) is 19.6 Å². The minimum absolute atomic E-state index is 0.0326. The molecule has 164 valence electrons. The first-order valence-electron chi connectivity index (χ1n) is 9.59. The topological polar surface area (TPSA) is 96.5 Å². The number of rotatable bonds is 6. The van der Waals surface area contributed by atoms with Crippen molar-refractivity contribution in [3.8, 4) is 11.6 Å². The summed E-state index contributed by atoms with van der Waals surface area (Å²) >= 11 is 0. The second-order valence-corrected chi connectivity index (χ2v) is 7.27. The van der Waals surface area contributed by atoms with Crippen molar-refractivity contribution in [2.24, 2.45) is 0 Å². The Kier molecular flexibility index (Phi) is 5.48. The number of halogens is 3. The summed E-state index contributed by atoms with van der Waals surface area (Å²) in [6.07, 6.45) is -2.60. The third-order valence-electron chi connectivity index (χ3n) is 5.22. The summed E-state index contributed by atoms with van der Waals surface area (Å²) in [7, 11) is 1.14. The predicted molar refractivity (Wildman–Crippen MR) is 105 cm³/mol. The van der Waals surface area contributed by atoms with E-state index in [1.165, 1.54) is 6.20 Å². The van der Waals surface area contributed by atoms with Crippen LogP contribution < -0.4 is 14.8 Å². The second-order valence-electron chi connectivity index (χ2n) is 7.27. The summed E-state index contributed by atoms with van der Waals surface area (Å²) in [6.45, 7) is 0.558. The van der Waals surface area contributed by atoms with Gasteiger partial charge in [-0.3, -0.25) is 4.79 Å². The number of hydrogen-bond acceptors (Lipinski definition) is 5. The Bertz CT molecular complexity index is 1130. The third kappa shape index (κ3) is 4.29. The Morgan fingerprint density at radius 1 is 1.32 bits per heavy atom. The molecule has 0 bridgehead atoms. The quantitative estimate of drug-likeness (QED) is 0.545. The zero-order valence-electron chi connectivity index (χ0n) is 16.5. The number of benzene rings is 1. The van der Waals surface area contributed by atoms with Gasteiger partial charge < -0.3 is 24.9 Å². The molecule has 31 heavy (non-hydrogen) atoms. The molecule has 1 aromatic carbocycles. The molecule has 2 aromatic heterocycles. The molecule has 0 fully saturated rings. The van der Waals surface area contributed by atoms with Gasteiger partial charge in [0.1, 0.15) is 17.9 Å². The van der Waals surface area contributed by atoms with E-state index in [4.69, 9.17) is 14.6 Å². The molecule has 0 saturated heterocycles. The molecule has 3 aromatic rings. The first kappa shape index (κ1) is 21.0. The SMILES string of the molecule is COc1ncc(COc2ccc3[nH]c4c(c3c2)CCN[C@@H]4CC(=O)O)cc1C(F)(F)F. The summed E-state index contributed by atoms with van der Waals surface area (Å²) < 4.78 is 50.0. The Labute approximate surface area is 175 Å². The van der Waals surface area contributed by atoms with Crippen LogP contribution in [0.4, 0.5) is 13.2 Å². The molecule has 1 aliphatic heterocycles. The number of carboxylic acids is 1. The van der Waals surface area contributed by atoms with Crippen LogP contribution in [0.1, 0.15) is 34.8 Å². The number of methoxy groups -OCH3 is 1. The number of ether oxygens (including phenoxy) is 2. The van der Waals surface area contributed by atoms with Crippen molar-refractivity contribution in [3.05, 3.63) is 52.8 Å². The number of aromatic amines is 1. The predicted octanol–water partition coefficient (Wildman–Crippen LogP) is 3.83. The van der Waals surface area contributed by atoms with E-state index < -0.39 is 23.6 Å². The Morgan fingerprint density at radius 3 is 2.84 bits per heavy atom. The minimum Gasteiger partial charge on any atom is -0.489 e. The van der Waals surface area contributed by atoms with E-state index in [1.54, 1.807) is 6.07 Å². The van der Waals surface area contributed by atoms with Gasteiger partial charge in [-0.25, -0.2) is 4.98 Å². The van der Waals surface area contributed by atoms with E-state index in [2.05, 4.69) is 15.3 Å². The lowest BCUT2D eigenvalue weighted by molar-refractivity contribution is -0.139. The molecule has 3 heterocycles. The smallest absolute Gasteiger partial charge is 0.421 e. The molecule has 7 nitrogen and oxygen atoms in total. The van der Waals surface area contributed by atoms with Gasteiger partial charge in [-0.1, -0.05) is 0 Å². The van der Waals surface area contributed by atoms with Crippen molar-refractivity contribution in [1.82, 2.24) is 15.3 Å². The average molecular weight is 435 g/mol. The van der Waals surface area contributed by atoms with Crippen LogP contribution in [-0.4, -0.2) is 34.7 Å². The van der Waals surface area contributed by atoms with Crippen LogP contribution >= 0.6 is 0 Å². The third-order valence-corrected chi connectivity index (χ3v) is 5.22. The standard InChI is InChI=1S/C21H20F3N3O4/c1-30-20-15(21(22,23)24)6-11(9-26-20)10-31-12-2-3-16-14(7-12)13-4-5-25-17(8-18(28)29)19(13)27-16/h2-3,6-7,9,17,25,27H,4-5,8,10H2,1H3,(H,28,29)/t17-/m1/s1. The van der Waals surface area contributed by atoms with E-state index >= 15 is 0 Å². The molecule has 0 amide bonds. The number of alkyl halides is 3. The van der Waals surface area contributed by atoms with Crippen molar-refractivity contribution >= 4 is 16.9 Å². The molecule has 0 saturated carbocycles. The van der Waals surface area contributed by atoms with Crippen LogP contribution in [0.25, 0.3) is 10.9 Å². The zero-order chi connectivity index (χ0) is 22.2. The first-order chi connectivity index (χ1) is 14.8. The molecule has 0 radical (unpaired) electrons. The van der Waals surface area contributed by atoms with Crippen molar-refractivity contribution in [2.75, 3.05) is 13.7 Å². The zero-order valence-corrected chi connectivity index (χ0v) is 16.5. The highest BCUT2D eigenvalue weighted by molar-refractivity contribution is 5.86. The summed E-state index contributed by atoms with van der Waals surface area (Å²) in [5.41, 5.74) is 2.02. The number of H-pyrrole nitrogens is 1. The van der Waals surface area contributed by atoms with Crippen LogP contribution in [0.15, 0.2) is 30.5 Å². The summed E-state index contributed by atoms with van der Waals surface area (Å²) in [5, 5.41) is 13.2. The molecule has 1 atom stereocenters. The molecule has 3 N–H and O–H groups in total. The Hall–Kier alpha value is -3.27. The minimum atomic E-state index is -4.59. The van der Waals surface area contributed by atoms with Crippen LogP contribution in [0.2, 0.25) is 0 Å². The van der Waals surface area contributed by atoms with Gasteiger partial charge in [-0.15, -0.1) is 0 Å². The van der Waals surface area contributed by atoms with Crippen LogP contribution in [0, 0.1) is 0 Å². The fourth-order valence-electron chi connectivity index (χ4n) is 3.83. The molecular weight excluding hydrogens is 415 g/mol. The van der Waals surface area contributed by atoms with Crippen molar-refractivity contribution in [2.45, 2.75) is 31.7 Å². The summed E-state index contributed by atoms with van der Waals surface area (Å²) in [4.78, 5) is 18.1. The molecular formula is C21H20F3N3O4. The van der Waals surface area contributed by atoms with Gasteiger partial charge in [0.25, 0.3) is 0 Å². The summed E-state index contributed by atoms with van der Waals surface area (Å²) in [5.74, 6) is -0.882. The number of aliphatic carboxylic acids is 1. The number of aromatic nitrogens is 2. The number of pyridine rings is 1. The van der Waals surface area contributed by atoms with E-state index in [1.807, 2.05) is 12.1 Å². The van der Waals surface area contributed by atoms with Crippen molar-refractivity contribution in [3.63, 3.8) is 0 Å². The molecule has 0 unspecified atom stereocenters. The van der Waals surface area contributed by atoms with Gasteiger partial charge in [0, 0.05) is 28.4 Å². The highest BCUT2D eigenvalue weighted by Crippen LogP contribution is 2.36. The van der Waals surface area contributed by atoms with Crippen LogP contribution in [0.5, 0.6) is 11.6 Å². The Morgan fingerprint density at radius 2 is 2.13 bits per heavy atom. The van der Waals surface area contributed by atoms with Crippen molar-refractivity contribution in [1.29, 1.82) is 0 Å². The van der Waals surface area contributed by atoms with Gasteiger partial charge in [0.2, 0.25) is 5.88 Å². The maximum Gasteiger partial charge on any atom is 0.421 e. The van der Waals surface area contributed by atoms with Crippen LogP contribution in [-0.2, 0) is 24.0 Å². The first-order valence-corrected chi connectivity index (χ1v) is 9.59.